The van der Waals surface area contributed by atoms with Crippen LogP contribution in [0.1, 0.15) is 39.8 Å². The lowest BCUT2D eigenvalue weighted by Gasteiger charge is -2.36. The molecule has 0 amide bonds. The van der Waals surface area contributed by atoms with E-state index in [0.29, 0.717) is 6.61 Å². The lowest BCUT2D eigenvalue weighted by atomic mass is 9.83. The first kappa shape index (κ1) is 16.1. The number of nitrogens with zero attached hydrogens (tertiary/aromatic N) is 2. The number of nitrogens with one attached hydrogen (secondary N) is 1. The second-order valence-electron chi connectivity index (χ2n) is 6.00. The van der Waals surface area contributed by atoms with Crippen LogP contribution in [0.4, 0.5) is 0 Å². The zero-order chi connectivity index (χ0) is 14.5. The first-order chi connectivity index (χ1) is 8.90. The third-order valence-corrected chi connectivity index (χ3v) is 3.41. The number of ether oxygens (including phenoxy) is 1. The summed E-state index contributed by atoms with van der Waals surface area (Å²) in [5.74, 6) is 5.73. The summed E-state index contributed by atoms with van der Waals surface area (Å²) in [7, 11) is 1.96. The second kappa shape index (κ2) is 7.03. The zero-order valence-electron chi connectivity index (χ0n) is 12.8. The highest BCUT2D eigenvalue weighted by Crippen LogP contribution is 2.26. The summed E-state index contributed by atoms with van der Waals surface area (Å²) in [4.78, 5) is 0. The molecule has 0 aliphatic rings. The maximum atomic E-state index is 5.89. The summed E-state index contributed by atoms with van der Waals surface area (Å²) in [6, 6.07) is 2.18. The minimum atomic E-state index is 0.0551. The number of hydrogen-bond donors (Lipinski definition) is 2. The SMILES string of the molecule is CCOC(C(CCc1ccnn1C)NN)C(C)(C)C. The van der Waals surface area contributed by atoms with Gasteiger partial charge in [0, 0.05) is 31.6 Å². The molecule has 2 unspecified atom stereocenters. The van der Waals surface area contributed by atoms with Crippen LogP contribution in [0.25, 0.3) is 0 Å². The van der Waals surface area contributed by atoms with E-state index < -0.39 is 0 Å². The normalized spacial score (nSPS) is 15.5. The van der Waals surface area contributed by atoms with Gasteiger partial charge in [0.2, 0.25) is 0 Å². The molecule has 0 aliphatic heterocycles. The molecule has 2 atom stereocenters. The minimum absolute atomic E-state index is 0.0551. The average Bonchev–Trinajstić information content (AvgIpc) is 2.73. The minimum Gasteiger partial charge on any atom is -0.376 e. The molecule has 0 saturated carbocycles. The number of aromatic nitrogens is 2. The van der Waals surface area contributed by atoms with E-state index in [4.69, 9.17) is 10.6 Å². The highest BCUT2D eigenvalue weighted by Gasteiger charge is 2.32. The van der Waals surface area contributed by atoms with E-state index in [2.05, 4.69) is 31.3 Å². The summed E-state index contributed by atoms with van der Waals surface area (Å²) in [5, 5.41) is 4.18. The van der Waals surface area contributed by atoms with Gasteiger partial charge in [0.1, 0.15) is 0 Å². The smallest absolute Gasteiger partial charge is 0.0789 e. The van der Waals surface area contributed by atoms with Crippen molar-refractivity contribution >= 4 is 0 Å². The van der Waals surface area contributed by atoms with Crippen LogP contribution in [0.5, 0.6) is 0 Å². The topological polar surface area (TPSA) is 65.1 Å². The Morgan fingerprint density at radius 1 is 1.47 bits per heavy atom. The molecule has 110 valence electrons. The molecule has 0 aliphatic carbocycles. The van der Waals surface area contributed by atoms with Gasteiger partial charge >= 0.3 is 0 Å². The summed E-state index contributed by atoms with van der Waals surface area (Å²) >= 11 is 0. The van der Waals surface area contributed by atoms with Crippen molar-refractivity contribution in [2.24, 2.45) is 18.3 Å². The third kappa shape index (κ3) is 4.60. The predicted octanol–water partition coefficient (Wildman–Crippen LogP) is 1.64. The van der Waals surface area contributed by atoms with E-state index in [1.165, 1.54) is 5.69 Å². The van der Waals surface area contributed by atoms with Crippen LogP contribution in [0.2, 0.25) is 0 Å². The maximum absolute atomic E-state index is 5.89. The van der Waals surface area contributed by atoms with E-state index >= 15 is 0 Å². The zero-order valence-corrected chi connectivity index (χ0v) is 12.8. The Bertz CT molecular complexity index is 370. The molecule has 5 heteroatoms. The van der Waals surface area contributed by atoms with Crippen LogP contribution in [0.3, 0.4) is 0 Å². The number of hydrogen-bond acceptors (Lipinski definition) is 4. The molecule has 0 fully saturated rings. The summed E-state index contributed by atoms with van der Waals surface area (Å²) in [5.41, 5.74) is 4.19. The Morgan fingerprint density at radius 3 is 2.58 bits per heavy atom. The molecule has 0 radical (unpaired) electrons. The fourth-order valence-corrected chi connectivity index (χ4v) is 2.42. The summed E-state index contributed by atoms with van der Waals surface area (Å²) in [6.45, 7) is 9.27. The maximum Gasteiger partial charge on any atom is 0.0789 e. The van der Waals surface area contributed by atoms with Crippen molar-refractivity contribution in [3.05, 3.63) is 18.0 Å². The predicted molar refractivity (Wildman–Crippen MR) is 77.5 cm³/mol. The highest BCUT2D eigenvalue weighted by molar-refractivity contribution is 5.01. The van der Waals surface area contributed by atoms with Gasteiger partial charge < -0.3 is 4.74 Å². The van der Waals surface area contributed by atoms with Crippen molar-refractivity contribution in [2.75, 3.05) is 6.61 Å². The standard InChI is InChI=1S/C14H28N4O/c1-6-19-13(14(2,3)4)12(17-15)8-7-11-9-10-16-18(11)5/h9-10,12-13,17H,6-8,15H2,1-5H3. The Kier molecular flexibility index (Phi) is 5.97. The molecule has 0 bridgehead atoms. The van der Waals surface area contributed by atoms with Gasteiger partial charge in [-0.05, 0) is 31.2 Å². The van der Waals surface area contributed by atoms with E-state index in [1.54, 1.807) is 0 Å². The molecule has 19 heavy (non-hydrogen) atoms. The number of nitrogens with two attached hydrogens (primary N) is 1. The molecule has 0 saturated heterocycles. The monoisotopic (exact) mass is 268 g/mol. The molecule has 0 aromatic carbocycles. The lowest BCUT2D eigenvalue weighted by molar-refractivity contribution is -0.0374. The van der Waals surface area contributed by atoms with E-state index in [9.17, 15) is 0 Å². The Labute approximate surface area is 116 Å². The fourth-order valence-electron chi connectivity index (χ4n) is 2.42. The van der Waals surface area contributed by atoms with Gasteiger partial charge in [-0.3, -0.25) is 16.0 Å². The Balaban J connectivity index is 2.67. The van der Waals surface area contributed by atoms with Gasteiger partial charge in [-0.1, -0.05) is 20.8 Å². The van der Waals surface area contributed by atoms with Gasteiger partial charge in [-0.2, -0.15) is 5.10 Å². The second-order valence-corrected chi connectivity index (χ2v) is 6.00. The van der Waals surface area contributed by atoms with Gasteiger partial charge in [0.25, 0.3) is 0 Å². The van der Waals surface area contributed by atoms with Crippen molar-refractivity contribution in [1.29, 1.82) is 0 Å². The van der Waals surface area contributed by atoms with Crippen LogP contribution in [0, 0.1) is 5.41 Å². The molecule has 1 rings (SSSR count). The summed E-state index contributed by atoms with van der Waals surface area (Å²) < 4.78 is 7.80. The highest BCUT2D eigenvalue weighted by atomic mass is 16.5. The van der Waals surface area contributed by atoms with Crippen molar-refractivity contribution in [3.63, 3.8) is 0 Å². The molecule has 1 aromatic heterocycles. The molecule has 0 spiro atoms. The Hall–Kier alpha value is -0.910. The van der Waals surface area contributed by atoms with Crippen molar-refractivity contribution in [3.8, 4) is 0 Å². The molecule has 3 N–H and O–H groups in total. The molecular formula is C14H28N4O. The first-order valence-electron chi connectivity index (χ1n) is 6.94. The van der Waals surface area contributed by atoms with Crippen molar-refractivity contribution in [2.45, 2.75) is 52.7 Å². The fraction of sp³-hybridized carbons (Fsp3) is 0.786. The largest absolute Gasteiger partial charge is 0.376 e. The van der Waals surface area contributed by atoms with Crippen LogP contribution in [-0.2, 0) is 18.2 Å². The van der Waals surface area contributed by atoms with Crippen molar-refractivity contribution in [1.82, 2.24) is 15.2 Å². The Morgan fingerprint density at radius 2 is 2.16 bits per heavy atom. The van der Waals surface area contributed by atoms with E-state index in [-0.39, 0.29) is 17.6 Å². The number of aryl methyl sites for hydroxylation is 2. The van der Waals surface area contributed by atoms with Gasteiger partial charge in [-0.25, -0.2) is 0 Å². The van der Waals surface area contributed by atoms with Crippen LogP contribution in [-0.4, -0.2) is 28.5 Å². The van der Waals surface area contributed by atoms with Crippen LogP contribution >= 0.6 is 0 Å². The third-order valence-electron chi connectivity index (χ3n) is 3.41. The average molecular weight is 268 g/mol. The summed E-state index contributed by atoms with van der Waals surface area (Å²) in [6.07, 6.45) is 3.78. The number of hydrazine groups is 1. The first-order valence-corrected chi connectivity index (χ1v) is 6.94. The van der Waals surface area contributed by atoms with Gasteiger partial charge in [0.05, 0.1) is 6.10 Å². The van der Waals surface area contributed by atoms with Crippen LogP contribution < -0.4 is 11.3 Å². The quantitative estimate of drug-likeness (QED) is 0.583. The van der Waals surface area contributed by atoms with E-state index in [0.717, 1.165) is 12.8 Å². The van der Waals surface area contributed by atoms with Gasteiger partial charge in [-0.15, -0.1) is 0 Å². The van der Waals surface area contributed by atoms with Crippen LogP contribution in [0.15, 0.2) is 12.3 Å². The molecule has 5 nitrogen and oxygen atoms in total. The molecule has 1 aromatic rings. The van der Waals surface area contributed by atoms with Crippen molar-refractivity contribution < 1.29 is 4.74 Å². The number of rotatable bonds is 7. The van der Waals surface area contributed by atoms with E-state index in [1.807, 2.05) is 30.9 Å². The van der Waals surface area contributed by atoms with Gasteiger partial charge in [0.15, 0.2) is 0 Å². The lowest BCUT2D eigenvalue weighted by Crippen LogP contribution is -2.51. The molecular weight excluding hydrogens is 240 g/mol. The molecule has 1 heterocycles.